The van der Waals surface area contributed by atoms with Crippen molar-refractivity contribution >= 4 is 11.6 Å². The molecule has 29 heavy (non-hydrogen) atoms. The average molecular weight is 402 g/mol. The molecule has 9 nitrogen and oxygen atoms in total. The van der Waals surface area contributed by atoms with E-state index >= 15 is 0 Å². The molecule has 0 spiro atoms. The number of fused-ring (bicyclic) bond motifs is 2. The molecule has 4 rings (SSSR count). The molecular weight excluding hydrogens is 384 g/mol. The van der Waals surface area contributed by atoms with Gasteiger partial charge in [0.2, 0.25) is 6.29 Å². The zero-order valence-corrected chi connectivity index (χ0v) is 14.9. The van der Waals surface area contributed by atoms with Crippen LogP contribution in [0.5, 0.6) is 11.5 Å². The van der Waals surface area contributed by atoms with Gasteiger partial charge >= 0.3 is 0 Å². The van der Waals surface area contributed by atoms with Crippen LogP contribution in [-0.2, 0) is 4.74 Å². The van der Waals surface area contributed by atoms with Crippen LogP contribution in [0.15, 0.2) is 36.4 Å². The first-order valence-corrected chi connectivity index (χ1v) is 8.86. The number of phenolic OH excluding ortho intramolecular Hbond substituents is 1. The summed E-state index contributed by atoms with van der Waals surface area (Å²) in [6.45, 7) is -0.650. The summed E-state index contributed by atoms with van der Waals surface area (Å²) in [5.74, 6) is -1.69. The molecule has 1 saturated heterocycles. The largest absolute Gasteiger partial charge is 0.507 e. The fourth-order valence-corrected chi connectivity index (χ4v) is 3.56. The van der Waals surface area contributed by atoms with E-state index < -0.39 is 54.6 Å². The Balaban J connectivity index is 1.76. The van der Waals surface area contributed by atoms with Gasteiger partial charge in [-0.05, 0) is 12.1 Å². The predicted octanol–water partition coefficient (Wildman–Crippen LogP) is -0.654. The van der Waals surface area contributed by atoms with E-state index in [1.807, 2.05) is 0 Å². The van der Waals surface area contributed by atoms with Crippen LogP contribution in [0.1, 0.15) is 31.8 Å². The molecule has 5 N–H and O–H groups in total. The van der Waals surface area contributed by atoms with Crippen LogP contribution in [0, 0.1) is 0 Å². The second-order valence-electron chi connectivity index (χ2n) is 6.85. The van der Waals surface area contributed by atoms with Crippen molar-refractivity contribution in [1.82, 2.24) is 0 Å². The van der Waals surface area contributed by atoms with Crippen LogP contribution in [0.4, 0.5) is 0 Å². The standard InChI is InChI=1S/C20H18O9/c21-7-12-17(25)18(26)19(27)20(29-12)28-11-6-5-10(22)13-14(11)16(24)9-4-2-1-3-8(9)15(13)23/h1-6,12,17-22,25-27H,7H2/t12-,17+,18+,19-,20-/m1/s1. The first-order valence-electron chi connectivity index (χ1n) is 8.86. The summed E-state index contributed by atoms with van der Waals surface area (Å²) in [6.07, 6.45) is -7.68. The van der Waals surface area contributed by atoms with Gasteiger partial charge in [0, 0.05) is 11.1 Å². The Morgan fingerprint density at radius 1 is 0.862 bits per heavy atom. The number of carbonyl (C=O) groups is 2. The van der Waals surface area contributed by atoms with E-state index in [1.165, 1.54) is 18.2 Å². The van der Waals surface area contributed by atoms with E-state index in [2.05, 4.69) is 0 Å². The number of ether oxygens (including phenoxy) is 2. The van der Waals surface area contributed by atoms with Gasteiger partial charge in [0.05, 0.1) is 17.7 Å². The molecule has 1 heterocycles. The molecule has 1 aliphatic carbocycles. The van der Waals surface area contributed by atoms with Crippen LogP contribution in [0.3, 0.4) is 0 Å². The molecule has 1 fully saturated rings. The summed E-state index contributed by atoms with van der Waals surface area (Å²) in [5, 5.41) is 49.5. The summed E-state index contributed by atoms with van der Waals surface area (Å²) in [6, 6.07) is 8.53. The van der Waals surface area contributed by atoms with Gasteiger partial charge < -0.3 is 35.0 Å². The maximum atomic E-state index is 13.0. The van der Waals surface area contributed by atoms with Gasteiger partial charge in [0.15, 0.2) is 11.6 Å². The molecule has 5 atom stereocenters. The lowest BCUT2D eigenvalue weighted by Gasteiger charge is -2.39. The van der Waals surface area contributed by atoms with Gasteiger partial charge in [-0.15, -0.1) is 0 Å². The van der Waals surface area contributed by atoms with Crippen LogP contribution in [0.2, 0.25) is 0 Å². The minimum Gasteiger partial charge on any atom is -0.507 e. The van der Waals surface area contributed by atoms with Crippen molar-refractivity contribution in [1.29, 1.82) is 0 Å². The van der Waals surface area contributed by atoms with Crippen molar-refractivity contribution in [2.75, 3.05) is 6.61 Å². The van der Waals surface area contributed by atoms with E-state index in [0.717, 1.165) is 6.07 Å². The number of aromatic hydroxyl groups is 1. The zero-order valence-electron chi connectivity index (χ0n) is 14.9. The van der Waals surface area contributed by atoms with Crippen molar-refractivity contribution in [3.8, 4) is 11.5 Å². The molecule has 2 aromatic rings. The van der Waals surface area contributed by atoms with Gasteiger partial charge in [-0.3, -0.25) is 9.59 Å². The topological polar surface area (TPSA) is 154 Å². The lowest BCUT2D eigenvalue weighted by atomic mass is 9.83. The lowest BCUT2D eigenvalue weighted by Crippen LogP contribution is -2.60. The van der Waals surface area contributed by atoms with Crippen LogP contribution >= 0.6 is 0 Å². The van der Waals surface area contributed by atoms with Crippen LogP contribution < -0.4 is 4.74 Å². The van der Waals surface area contributed by atoms with E-state index in [9.17, 15) is 35.1 Å². The third-order valence-corrected chi connectivity index (χ3v) is 5.11. The van der Waals surface area contributed by atoms with E-state index in [1.54, 1.807) is 12.1 Å². The lowest BCUT2D eigenvalue weighted by molar-refractivity contribution is -0.277. The smallest absolute Gasteiger partial charge is 0.229 e. The summed E-state index contributed by atoms with van der Waals surface area (Å²) in [5.41, 5.74) is -0.166. The average Bonchev–Trinajstić information content (AvgIpc) is 2.73. The Labute approximate surface area is 164 Å². The first-order chi connectivity index (χ1) is 13.8. The van der Waals surface area contributed by atoms with Crippen molar-refractivity contribution < 1.29 is 44.6 Å². The van der Waals surface area contributed by atoms with Gasteiger partial charge in [-0.25, -0.2) is 0 Å². The molecule has 152 valence electrons. The molecule has 2 aromatic carbocycles. The summed E-state index contributed by atoms with van der Waals surface area (Å²) in [7, 11) is 0. The predicted molar refractivity (Wildman–Crippen MR) is 95.8 cm³/mol. The van der Waals surface area contributed by atoms with Crippen molar-refractivity contribution in [2.24, 2.45) is 0 Å². The Kier molecular flexibility index (Phi) is 4.85. The minimum absolute atomic E-state index is 0.134. The molecule has 0 aromatic heterocycles. The number of phenols is 1. The third kappa shape index (κ3) is 3.00. The molecule has 0 unspecified atom stereocenters. The first kappa shape index (κ1) is 19.5. The fourth-order valence-electron chi connectivity index (χ4n) is 3.56. The van der Waals surface area contributed by atoms with Crippen molar-refractivity contribution in [3.05, 3.63) is 58.7 Å². The van der Waals surface area contributed by atoms with Crippen LogP contribution in [0.25, 0.3) is 0 Å². The highest BCUT2D eigenvalue weighted by Crippen LogP contribution is 2.39. The highest BCUT2D eigenvalue weighted by atomic mass is 16.7. The number of hydrogen-bond acceptors (Lipinski definition) is 9. The number of rotatable bonds is 3. The number of carbonyl (C=O) groups excluding carboxylic acids is 2. The monoisotopic (exact) mass is 402 g/mol. The van der Waals surface area contributed by atoms with Crippen molar-refractivity contribution in [3.63, 3.8) is 0 Å². The van der Waals surface area contributed by atoms with Gasteiger partial charge in [-0.1, -0.05) is 24.3 Å². The molecule has 0 saturated carbocycles. The van der Waals surface area contributed by atoms with Crippen molar-refractivity contribution in [2.45, 2.75) is 30.7 Å². The number of aliphatic hydroxyl groups is 4. The maximum Gasteiger partial charge on any atom is 0.229 e. The Hall–Kier alpha value is -2.82. The summed E-state index contributed by atoms with van der Waals surface area (Å²) >= 11 is 0. The van der Waals surface area contributed by atoms with E-state index in [-0.39, 0.29) is 28.0 Å². The molecule has 9 heteroatoms. The van der Waals surface area contributed by atoms with E-state index in [0.29, 0.717) is 0 Å². The van der Waals surface area contributed by atoms with Crippen LogP contribution in [-0.4, -0.2) is 74.4 Å². The normalized spacial score (nSPS) is 28.6. The van der Waals surface area contributed by atoms with Gasteiger partial charge in [0.25, 0.3) is 0 Å². The molecule has 1 aliphatic heterocycles. The quantitative estimate of drug-likeness (QED) is 0.384. The minimum atomic E-state index is -1.70. The molecule has 2 aliphatic rings. The zero-order chi connectivity index (χ0) is 20.9. The molecule has 0 radical (unpaired) electrons. The Bertz CT molecular complexity index is 984. The molecule has 0 bridgehead atoms. The second kappa shape index (κ2) is 7.21. The fraction of sp³-hybridized carbons (Fsp3) is 0.300. The SMILES string of the molecule is O=C1c2ccccc2C(=O)c2c(O[C@@H]3O[C@H](CO)[C@H](O)[C@H](O)[C@H]3O)ccc(O)c21. The highest BCUT2D eigenvalue weighted by molar-refractivity contribution is 6.30. The van der Waals surface area contributed by atoms with Gasteiger partial charge in [-0.2, -0.15) is 0 Å². The number of hydrogen-bond donors (Lipinski definition) is 5. The Morgan fingerprint density at radius 3 is 2.10 bits per heavy atom. The molecule has 0 amide bonds. The van der Waals surface area contributed by atoms with E-state index in [4.69, 9.17) is 9.47 Å². The maximum absolute atomic E-state index is 13.0. The summed E-state index contributed by atoms with van der Waals surface area (Å²) in [4.78, 5) is 25.8. The number of benzene rings is 2. The number of ketones is 2. The van der Waals surface area contributed by atoms with Gasteiger partial charge in [0.1, 0.15) is 35.9 Å². The Morgan fingerprint density at radius 2 is 1.48 bits per heavy atom. The second-order valence-corrected chi connectivity index (χ2v) is 6.85. The third-order valence-electron chi connectivity index (χ3n) is 5.11. The number of aliphatic hydroxyl groups excluding tert-OH is 4. The summed E-state index contributed by atoms with van der Waals surface area (Å²) < 4.78 is 10.9. The highest BCUT2D eigenvalue weighted by Gasteiger charge is 2.45. The molecular formula is C20H18O9.